The van der Waals surface area contributed by atoms with E-state index in [4.69, 9.17) is 9.47 Å². The Bertz CT molecular complexity index is 982. The minimum Gasteiger partial charge on any atom is -0.491 e. The highest BCUT2D eigenvalue weighted by atomic mass is 16.5. The predicted molar refractivity (Wildman–Crippen MR) is 122 cm³/mol. The maximum absolute atomic E-state index is 11.2. The molecular weight excluding hydrogens is 390 g/mol. The Labute approximate surface area is 184 Å². The molecular formula is C25H31N3O3. The van der Waals surface area contributed by atoms with Crippen LogP contribution < -0.4 is 4.74 Å². The number of aromatic nitrogens is 2. The van der Waals surface area contributed by atoms with E-state index in [0.29, 0.717) is 26.3 Å². The minimum atomic E-state index is 0.456. The van der Waals surface area contributed by atoms with E-state index in [9.17, 15) is 4.79 Å². The molecule has 1 amide bonds. The third-order valence-electron chi connectivity index (χ3n) is 5.59. The molecule has 0 fully saturated rings. The van der Waals surface area contributed by atoms with Crippen LogP contribution in [0.1, 0.15) is 27.8 Å². The van der Waals surface area contributed by atoms with Crippen molar-refractivity contribution in [1.82, 2.24) is 14.7 Å². The number of ether oxygens (including phenoxy) is 2. The summed E-state index contributed by atoms with van der Waals surface area (Å²) in [5.41, 5.74) is 7.10. The van der Waals surface area contributed by atoms with Gasteiger partial charge in [0.25, 0.3) is 0 Å². The zero-order valence-electron chi connectivity index (χ0n) is 18.8. The van der Waals surface area contributed by atoms with Crippen molar-refractivity contribution in [2.45, 2.75) is 27.2 Å². The van der Waals surface area contributed by atoms with E-state index in [1.165, 1.54) is 16.7 Å². The lowest BCUT2D eigenvalue weighted by atomic mass is 9.94. The second-order valence-electron chi connectivity index (χ2n) is 7.71. The van der Waals surface area contributed by atoms with Crippen molar-refractivity contribution >= 4 is 6.41 Å². The molecule has 3 aromatic rings. The van der Waals surface area contributed by atoms with Crippen molar-refractivity contribution in [3.05, 3.63) is 76.6 Å². The standard InChI is InChI=1S/C25H31N3O3/c1-19-16-23(17-22-6-8-24(9-7-22)28-11-5-10-26-28)20(2)21(3)25(19)31-15-13-27(18-29)12-14-30-4/h5-11,16,18H,12-15,17H2,1-4H3. The van der Waals surface area contributed by atoms with Crippen LogP contribution in [0.15, 0.2) is 48.8 Å². The first-order valence-corrected chi connectivity index (χ1v) is 10.5. The summed E-state index contributed by atoms with van der Waals surface area (Å²) < 4.78 is 13.0. The quantitative estimate of drug-likeness (QED) is 0.441. The first-order chi connectivity index (χ1) is 15.0. The van der Waals surface area contributed by atoms with E-state index in [2.05, 4.69) is 56.2 Å². The third-order valence-corrected chi connectivity index (χ3v) is 5.59. The molecule has 0 saturated carbocycles. The van der Waals surface area contributed by atoms with Crippen LogP contribution in [0.25, 0.3) is 5.69 Å². The highest BCUT2D eigenvalue weighted by Crippen LogP contribution is 2.30. The number of nitrogens with zero attached hydrogens (tertiary/aromatic N) is 3. The van der Waals surface area contributed by atoms with Gasteiger partial charge in [0.15, 0.2) is 0 Å². The molecule has 6 nitrogen and oxygen atoms in total. The summed E-state index contributed by atoms with van der Waals surface area (Å²) in [5, 5.41) is 4.28. The second kappa shape index (κ2) is 10.8. The molecule has 1 aromatic heterocycles. The molecule has 164 valence electrons. The summed E-state index contributed by atoms with van der Waals surface area (Å²) >= 11 is 0. The van der Waals surface area contributed by atoms with E-state index < -0.39 is 0 Å². The molecule has 0 aliphatic heterocycles. The normalized spacial score (nSPS) is 10.8. The Morgan fingerprint density at radius 3 is 2.45 bits per heavy atom. The van der Waals surface area contributed by atoms with E-state index in [-0.39, 0.29) is 0 Å². The number of amides is 1. The summed E-state index contributed by atoms with van der Waals surface area (Å²) in [6.45, 7) is 8.41. The van der Waals surface area contributed by atoms with Gasteiger partial charge in [0, 0.05) is 26.0 Å². The van der Waals surface area contributed by atoms with Crippen LogP contribution in [-0.4, -0.2) is 54.5 Å². The minimum absolute atomic E-state index is 0.456. The SMILES string of the molecule is COCCN(C=O)CCOc1c(C)cc(Cc2ccc(-n3cccn3)cc2)c(C)c1C. The number of benzene rings is 2. The lowest BCUT2D eigenvalue weighted by Gasteiger charge is -2.20. The molecule has 0 bridgehead atoms. The largest absolute Gasteiger partial charge is 0.491 e. The molecule has 0 radical (unpaired) electrons. The Morgan fingerprint density at radius 2 is 1.81 bits per heavy atom. The van der Waals surface area contributed by atoms with Gasteiger partial charge in [-0.05, 0) is 73.2 Å². The lowest BCUT2D eigenvalue weighted by molar-refractivity contribution is -0.119. The maximum atomic E-state index is 11.2. The first-order valence-electron chi connectivity index (χ1n) is 10.5. The summed E-state index contributed by atoms with van der Waals surface area (Å²) in [4.78, 5) is 12.8. The van der Waals surface area contributed by atoms with Crippen molar-refractivity contribution in [3.63, 3.8) is 0 Å². The zero-order chi connectivity index (χ0) is 22.2. The molecule has 0 N–H and O–H groups in total. The molecule has 1 heterocycles. The van der Waals surface area contributed by atoms with Gasteiger partial charge in [-0.3, -0.25) is 4.79 Å². The zero-order valence-corrected chi connectivity index (χ0v) is 18.8. The summed E-state index contributed by atoms with van der Waals surface area (Å²) in [5.74, 6) is 0.910. The smallest absolute Gasteiger partial charge is 0.209 e. The number of aryl methyl sites for hydroxylation is 1. The van der Waals surface area contributed by atoms with Crippen molar-refractivity contribution in [1.29, 1.82) is 0 Å². The topological polar surface area (TPSA) is 56.6 Å². The molecule has 0 atom stereocenters. The van der Waals surface area contributed by atoms with Gasteiger partial charge >= 0.3 is 0 Å². The Morgan fingerprint density at radius 1 is 1.06 bits per heavy atom. The van der Waals surface area contributed by atoms with Crippen LogP contribution in [0.3, 0.4) is 0 Å². The second-order valence-corrected chi connectivity index (χ2v) is 7.71. The number of methoxy groups -OCH3 is 1. The van der Waals surface area contributed by atoms with Gasteiger partial charge in [-0.1, -0.05) is 18.2 Å². The van der Waals surface area contributed by atoms with Crippen LogP contribution in [-0.2, 0) is 16.0 Å². The van der Waals surface area contributed by atoms with Gasteiger partial charge in [-0.2, -0.15) is 5.10 Å². The molecule has 0 unspecified atom stereocenters. The van der Waals surface area contributed by atoms with Crippen LogP contribution in [0.5, 0.6) is 5.75 Å². The van der Waals surface area contributed by atoms with Crippen LogP contribution in [0.2, 0.25) is 0 Å². The van der Waals surface area contributed by atoms with Gasteiger partial charge in [-0.15, -0.1) is 0 Å². The van der Waals surface area contributed by atoms with Crippen LogP contribution >= 0.6 is 0 Å². The molecule has 31 heavy (non-hydrogen) atoms. The van der Waals surface area contributed by atoms with Gasteiger partial charge in [0.05, 0.1) is 18.8 Å². The van der Waals surface area contributed by atoms with Gasteiger partial charge < -0.3 is 14.4 Å². The fourth-order valence-electron chi connectivity index (χ4n) is 3.65. The molecule has 0 spiro atoms. The Balaban J connectivity index is 1.67. The average molecular weight is 422 g/mol. The Hall–Kier alpha value is -3.12. The van der Waals surface area contributed by atoms with E-state index in [1.54, 1.807) is 18.2 Å². The number of hydrogen-bond donors (Lipinski definition) is 0. The van der Waals surface area contributed by atoms with Crippen molar-refractivity contribution in [3.8, 4) is 11.4 Å². The molecule has 0 aliphatic rings. The number of carbonyl (C=O) groups is 1. The average Bonchev–Trinajstić information content (AvgIpc) is 3.32. The van der Waals surface area contributed by atoms with Crippen molar-refractivity contribution in [2.75, 3.05) is 33.4 Å². The van der Waals surface area contributed by atoms with Crippen molar-refractivity contribution in [2.24, 2.45) is 0 Å². The van der Waals surface area contributed by atoms with E-state index in [0.717, 1.165) is 35.4 Å². The maximum Gasteiger partial charge on any atom is 0.209 e. The number of rotatable bonds is 11. The van der Waals surface area contributed by atoms with Gasteiger partial charge in [0.2, 0.25) is 6.41 Å². The Kier molecular flexibility index (Phi) is 7.84. The fourth-order valence-corrected chi connectivity index (χ4v) is 3.65. The first kappa shape index (κ1) is 22.6. The monoisotopic (exact) mass is 421 g/mol. The number of hydrogen-bond acceptors (Lipinski definition) is 4. The predicted octanol–water partition coefficient (Wildman–Crippen LogP) is 3.87. The van der Waals surface area contributed by atoms with Crippen molar-refractivity contribution < 1.29 is 14.3 Å². The fraction of sp³-hybridized carbons (Fsp3) is 0.360. The summed E-state index contributed by atoms with van der Waals surface area (Å²) in [6.07, 6.45) is 5.43. The van der Waals surface area contributed by atoms with E-state index >= 15 is 0 Å². The number of carbonyl (C=O) groups excluding carboxylic acids is 1. The van der Waals surface area contributed by atoms with Gasteiger partial charge in [0.1, 0.15) is 12.4 Å². The lowest BCUT2D eigenvalue weighted by Crippen LogP contribution is -2.30. The highest BCUT2D eigenvalue weighted by Gasteiger charge is 2.13. The highest BCUT2D eigenvalue weighted by molar-refractivity contribution is 5.51. The third kappa shape index (κ3) is 5.73. The molecule has 3 rings (SSSR count). The molecule has 0 aliphatic carbocycles. The summed E-state index contributed by atoms with van der Waals surface area (Å²) in [7, 11) is 1.63. The molecule has 6 heteroatoms. The van der Waals surface area contributed by atoms with Crippen LogP contribution in [0, 0.1) is 20.8 Å². The molecule has 2 aromatic carbocycles. The molecule has 0 saturated heterocycles. The van der Waals surface area contributed by atoms with E-state index in [1.807, 2.05) is 16.9 Å². The summed E-state index contributed by atoms with van der Waals surface area (Å²) in [6, 6.07) is 12.6. The van der Waals surface area contributed by atoms with Crippen LogP contribution in [0.4, 0.5) is 0 Å². The van der Waals surface area contributed by atoms with Gasteiger partial charge in [-0.25, -0.2) is 4.68 Å².